The highest BCUT2D eigenvalue weighted by atomic mass is 15.1. The molecule has 0 aromatic carbocycles. The third kappa shape index (κ3) is 1.20. The van der Waals surface area contributed by atoms with Gasteiger partial charge in [0.15, 0.2) is 0 Å². The van der Waals surface area contributed by atoms with Crippen LogP contribution in [0.2, 0.25) is 0 Å². The summed E-state index contributed by atoms with van der Waals surface area (Å²) in [4.78, 5) is 0. The molecule has 0 aliphatic carbocycles. The fourth-order valence-corrected chi connectivity index (χ4v) is 0.953. The molecule has 2 atom stereocenters. The van der Waals surface area contributed by atoms with Gasteiger partial charge in [-0.15, -0.1) is 0 Å². The molecule has 0 spiro atoms. The summed E-state index contributed by atoms with van der Waals surface area (Å²) in [5.74, 6) is 0. The van der Waals surface area contributed by atoms with E-state index in [0.717, 1.165) is 13.1 Å². The molecule has 0 saturated carbocycles. The van der Waals surface area contributed by atoms with Gasteiger partial charge in [-0.05, 0) is 13.8 Å². The molecule has 0 aromatic heterocycles. The van der Waals surface area contributed by atoms with E-state index in [9.17, 15) is 0 Å². The highest BCUT2D eigenvalue weighted by Gasteiger charge is 2.13. The molecule has 1 aliphatic rings. The second-order valence-electron chi connectivity index (χ2n) is 2.49. The zero-order chi connectivity index (χ0) is 5.98. The van der Waals surface area contributed by atoms with Gasteiger partial charge in [0.1, 0.15) is 0 Å². The second kappa shape index (κ2) is 2.46. The number of piperazine rings is 1. The van der Waals surface area contributed by atoms with Crippen molar-refractivity contribution in [2.45, 2.75) is 25.9 Å². The van der Waals surface area contributed by atoms with Crippen molar-refractivity contribution in [2.75, 3.05) is 13.1 Å². The summed E-state index contributed by atoms with van der Waals surface area (Å²) in [6.07, 6.45) is 0. The summed E-state index contributed by atoms with van der Waals surface area (Å²) in [6, 6.07) is 1.28. The van der Waals surface area contributed by atoms with Crippen LogP contribution in [-0.2, 0) is 0 Å². The standard InChI is InChI=1S/C6H14N2/c1-5-6(2)8-4-3-7-5/h5-8H,3-4H2,1-2H3/t5-,6-/m0/s1. The van der Waals surface area contributed by atoms with Crippen LogP contribution in [0.25, 0.3) is 0 Å². The molecule has 48 valence electrons. The lowest BCUT2D eigenvalue weighted by atomic mass is 10.1. The lowest BCUT2D eigenvalue weighted by Gasteiger charge is -2.27. The van der Waals surface area contributed by atoms with Gasteiger partial charge in [0.2, 0.25) is 0 Å². The SMILES string of the molecule is C[C@@H]1NCCN[C@H]1C. The van der Waals surface area contributed by atoms with E-state index in [1.165, 1.54) is 0 Å². The molecule has 2 N–H and O–H groups in total. The minimum atomic E-state index is 0.642. The Labute approximate surface area is 50.7 Å². The third-order valence-corrected chi connectivity index (χ3v) is 1.81. The average Bonchev–Trinajstić information content (AvgIpc) is 1.77. The second-order valence-corrected chi connectivity index (χ2v) is 2.49. The summed E-state index contributed by atoms with van der Waals surface area (Å²) in [6.45, 7) is 6.64. The van der Waals surface area contributed by atoms with E-state index < -0.39 is 0 Å². The molecular weight excluding hydrogens is 100 g/mol. The smallest absolute Gasteiger partial charge is 0.0190 e. The minimum Gasteiger partial charge on any atom is -0.311 e. The van der Waals surface area contributed by atoms with Crippen molar-refractivity contribution in [1.29, 1.82) is 0 Å². The number of hydrogen-bond donors (Lipinski definition) is 2. The Morgan fingerprint density at radius 3 is 1.62 bits per heavy atom. The monoisotopic (exact) mass is 114 g/mol. The zero-order valence-electron chi connectivity index (χ0n) is 5.57. The molecule has 0 unspecified atom stereocenters. The van der Waals surface area contributed by atoms with Crippen LogP contribution < -0.4 is 10.6 Å². The molecule has 1 rings (SSSR count). The van der Waals surface area contributed by atoms with Crippen molar-refractivity contribution in [3.63, 3.8) is 0 Å². The number of hydrogen-bond acceptors (Lipinski definition) is 2. The van der Waals surface area contributed by atoms with E-state index in [4.69, 9.17) is 0 Å². The van der Waals surface area contributed by atoms with Gasteiger partial charge in [0, 0.05) is 25.2 Å². The van der Waals surface area contributed by atoms with Crippen LogP contribution in [0, 0.1) is 0 Å². The predicted octanol–water partition coefficient (Wildman–Crippen LogP) is -0.0438. The van der Waals surface area contributed by atoms with Crippen molar-refractivity contribution >= 4 is 0 Å². The normalized spacial score (nSPS) is 39.8. The van der Waals surface area contributed by atoms with Crippen molar-refractivity contribution in [3.8, 4) is 0 Å². The van der Waals surface area contributed by atoms with Gasteiger partial charge in [-0.2, -0.15) is 0 Å². The Morgan fingerprint density at radius 2 is 1.38 bits per heavy atom. The van der Waals surface area contributed by atoms with Gasteiger partial charge in [0.05, 0.1) is 0 Å². The zero-order valence-corrected chi connectivity index (χ0v) is 5.57. The first-order valence-electron chi connectivity index (χ1n) is 3.27. The van der Waals surface area contributed by atoms with Crippen LogP contribution in [-0.4, -0.2) is 25.2 Å². The molecule has 0 aromatic rings. The Morgan fingerprint density at radius 1 is 1.00 bits per heavy atom. The van der Waals surface area contributed by atoms with Gasteiger partial charge >= 0.3 is 0 Å². The molecule has 1 heterocycles. The summed E-state index contributed by atoms with van der Waals surface area (Å²) < 4.78 is 0. The Kier molecular flexibility index (Phi) is 1.86. The molecule has 1 saturated heterocycles. The largest absolute Gasteiger partial charge is 0.311 e. The highest BCUT2D eigenvalue weighted by molar-refractivity contribution is 4.79. The van der Waals surface area contributed by atoms with Crippen LogP contribution in [0.5, 0.6) is 0 Å². The maximum absolute atomic E-state index is 3.37. The van der Waals surface area contributed by atoms with E-state index in [2.05, 4.69) is 24.5 Å². The van der Waals surface area contributed by atoms with Gasteiger partial charge in [-0.3, -0.25) is 0 Å². The first-order valence-corrected chi connectivity index (χ1v) is 3.27. The molecule has 0 amide bonds. The highest BCUT2D eigenvalue weighted by Crippen LogP contribution is 1.93. The Hall–Kier alpha value is -0.0800. The quantitative estimate of drug-likeness (QED) is 0.461. The maximum atomic E-state index is 3.37. The molecule has 1 fully saturated rings. The van der Waals surface area contributed by atoms with Gasteiger partial charge in [0.25, 0.3) is 0 Å². The van der Waals surface area contributed by atoms with Gasteiger partial charge in [-0.1, -0.05) is 0 Å². The first-order chi connectivity index (χ1) is 3.80. The summed E-state index contributed by atoms with van der Waals surface area (Å²) in [5.41, 5.74) is 0. The van der Waals surface area contributed by atoms with Crippen LogP contribution in [0.1, 0.15) is 13.8 Å². The molecule has 8 heavy (non-hydrogen) atoms. The fourth-order valence-electron chi connectivity index (χ4n) is 0.953. The van der Waals surface area contributed by atoms with E-state index >= 15 is 0 Å². The lowest BCUT2D eigenvalue weighted by Crippen LogP contribution is -2.52. The number of nitrogens with one attached hydrogen (secondary N) is 2. The van der Waals surface area contributed by atoms with Crippen LogP contribution in [0.15, 0.2) is 0 Å². The van der Waals surface area contributed by atoms with E-state index in [0.29, 0.717) is 12.1 Å². The van der Waals surface area contributed by atoms with Crippen LogP contribution >= 0.6 is 0 Å². The topological polar surface area (TPSA) is 24.1 Å². The van der Waals surface area contributed by atoms with Gasteiger partial charge < -0.3 is 10.6 Å². The third-order valence-electron chi connectivity index (χ3n) is 1.81. The molecule has 2 heteroatoms. The lowest BCUT2D eigenvalue weighted by molar-refractivity contribution is 0.358. The number of rotatable bonds is 0. The Balaban J connectivity index is 2.28. The maximum Gasteiger partial charge on any atom is 0.0190 e. The molecule has 1 aliphatic heterocycles. The predicted molar refractivity (Wildman–Crippen MR) is 34.9 cm³/mol. The van der Waals surface area contributed by atoms with Gasteiger partial charge in [-0.25, -0.2) is 0 Å². The first kappa shape index (κ1) is 6.05. The molecular formula is C6H14N2. The van der Waals surface area contributed by atoms with Crippen molar-refractivity contribution in [3.05, 3.63) is 0 Å². The molecule has 2 nitrogen and oxygen atoms in total. The summed E-state index contributed by atoms with van der Waals surface area (Å²) in [5, 5.41) is 6.74. The fraction of sp³-hybridized carbons (Fsp3) is 1.00. The van der Waals surface area contributed by atoms with Crippen molar-refractivity contribution in [2.24, 2.45) is 0 Å². The van der Waals surface area contributed by atoms with Crippen molar-refractivity contribution < 1.29 is 0 Å². The molecule has 0 radical (unpaired) electrons. The summed E-state index contributed by atoms with van der Waals surface area (Å²) >= 11 is 0. The molecule has 0 bridgehead atoms. The van der Waals surface area contributed by atoms with E-state index in [-0.39, 0.29) is 0 Å². The summed E-state index contributed by atoms with van der Waals surface area (Å²) in [7, 11) is 0. The minimum absolute atomic E-state index is 0.642. The van der Waals surface area contributed by atoms with E-state index in [1.807, 2.05) is 0 Å². The Bertz CT molecular complexity index is 62.9. The average molecular weight is 114 g/mol. The van der Waals surface area contributed by atoms with Crippen LogP contribution in [0.4, 0.5) is 0 Å². The van der Waals surface area contributed by atoms with Crippen molar-refractivity contribution in [1.82, 2.24) is 10.6 Å². The van der Waals surface area contributed by atoms with Crippen LogP contribution in [0.3, 0.4) is 0 Å². The van der Waals surface area contributed by atoms with E-state index in [1.54, 1.807) is 0 Å².